The van der Waals surface area contributed by atoms with Gasteiger partial charge in [-0.1, -0.05) is 81.4 Å². The van der Waals surface area contributed by atoms with Gasteiger partial charge < -0.3 is 24.2 Å². The number of rotatable bonds is 22. The predicted octanol–water partition coefficient (Wildman–Crippen LogP) is 14.1. The Morgan fingerprint density at radius 2 is 1.27 bits per heavy atom. The van der Waals surface area contributed by atoms with Gasteiger partial charge in [-0.3, -0.25) is 4.79 Å². The van der Waals surface area contributed by atoms with Crippen LogP contribution in [0.1, 0.15) is 88.2 Å². The summed E-state index contributed by atoms with van der Waals surface area (Å²) in [7, 11) is -4.25. The molecule has 0 bridgehead atoms. The smallest absolute Gasteiger partial charge is 0.508 e. The highest BCUT2D eigenvalue weighted by molar-refractivity contribution is 7.88. The van der Waals surface area contributed by atoms with E-state index in [0.717, 1.165) is 73.4 Å². The van der Waals surface area contributed by atoms with E-state index in [1.165, 1.54) is 25.3 Å². The fourth-order valence-electron chi connectivity index (χ4n) is 7.58. The maximum absolute atomic E-state index is 14.1. The summed E-state index contributed by atoms with van der Waals surface area (Å²) in [6, 6.07) is 18.2. The van der Waals surface area contributed by atoms with Gasteiger partial charge in [-0.15, -0.1) is 6.58 Å². The number of hydrogen-bond donors (Lipinski definition) is 3. The molecule has 8 nitrogen and oxygen atoms in total. The molecule has 0 radical (unpaired) electrons. The van der Waals surface area contributed by atoms with Gasteiger partial charge in [0.1, 0.15) is 17.2 Å². The van der Waals surface area contributed by atoms with Crippen molar-refractivity contribution in [1.82, 2.24) is 0 Å². The number of alkyl halides is 8. The lowest BCUT2D eigenvalue weighted by atomic mass is 9.90. The Morgan fingerprint density at radius 1 is 0.716 bits per heavy atom. The minimum Gasteiger partial charge on any atom is -0.508 e. The number of carboxylic acids is 1. The first-order valence-electron chi connectivity index (χ1n) is 21.2. The van der Waals surface area contributed by atoms with Crippen LogP contribution in [0.2, 0.25) is 0 Å². The first kappa shape index (κ1) is 53.9. The molecule has 3 N–H and O–H groups in total. The van der Waals surface area contributed by atoms with Crippen molar-refractivity contribution < 1.29 is 81.4 Å². The number of unbranched alkanes of at least 4 members (excludes halogenated alkanes) is 7. The van der Waals surface area contributed by atoms with Crippen LogP contribution in [0.3, 0.4) is 0 Å². The van der Waals surface area contributed by atoms with Crippen molar-refractivity contribution in [3.05, 3.63) is 108 Å². The third kappa shape index (κ3) is 14.6. The number of ether oxygens (including phenoxy) is 1. The molecule has 19 heteroatoms. The summed E-state index contributed by atoms with van der Waals surface area (Å²) >= 11 is 0. The summed E-state index contributed by atoms with van der Waals surface area (Å²) < 4.78 is 161. The molecule has 1 atom stereocenters. The number of carbonyl (C=O) groups is 1. The van der Waals surface area contributed by atoms with Crippen LogP contribution in [-0.2, 0) is 27.8 Å². The molecule has 366 valence electrons. The average molecular weight is 977 g/mol. The van der Waals surface area contributed by atoms with Gasteiger partial charge in [0, 0.05) is 12.0 Å². The van der Waals surface area contributed by atoms with Crippen LogP contribution in [-0.4, -0.2) is 54.4 Å². The average Bonchev–Trinajstić information content (AvgIpc) is 3.25. The lowest BCUT2D eigenvalue weighted by Crippen LogP contribution is -2.36. The number of allylic oxidation sites excluding steroid dienone is 1. The highest BCUT2D eigenvalue weighted by atomic mass is 32.2. The number of hydrogen-bond acceptors (Lipinski definition) is 7. The molecular formula is C48H50F10O8S. The van der Waals surface area contributed by atoms with Crippen LogP contribution < -0.4 is 8.92 Å². The molecule has 0 aliphatic rings. The van der Waals surface area contributed by atoms with E-state index in [1.807, 2.05) is 0 Å². The van der Waals surface area contributed by atoms with E-state index >= 15 is 0 Å². The van der Waals surface area contributed by atoms with Crippen molar-refractivity contribution in [2.75, 3.05) is 7.11 Å². The molecule has 0 aliphatic heterocycles. The third-order valence-electron chi connectivity index (χ3n) is 11.1. The normalized spacial score (nSPS) is 12.7. The van der Waals surface area contributed by atoms with Crippen molar-refractivity contribution in [3.63, 3.8) is 0 Å². The summed E-state index contributed by atoms with van der Waals surface area (Å²) in [5.74, 6) is -9.80. The van der Waals surface area contributed by atoms with Crippen LogP contribution >= 0.6 is 0 Å². The Labute approximate surface area is 381 Å². The van der Waals surface area contributed by atoms with Crippen LogP contribution in [0.25, 0.3) is 32.7 Å². The van der Waals surface area contributed by atoms with Gasteiger partial charge in [0.25, 0.3) is 0 Å². The summed E-state index contributed by atoms with van der Waals surface area (Å²) in [6.45, 7) is 3.53. The van der Waals surface area contributed by atoms with E-state index in [2.05, 4.69) is 10.8 Å². The predicted molar refractivity (Wildman–Crippen MR) is 234 cm³/mol. The van der Waals surface area contributed by atoms with Crippen LogP contribution in [0, 0.1) is 17.6 Å². The number of methoxy groups -OCH3 is 1. The van der Waals surface area contributed by atoms with Crippen molar-refractivity contribution >= 4 is 37.6 Å². The van der Waals surface area contributed by atoms with Gasteiger partial charge >= 0.3 is 33.7 Å². The van der Waals surface area contributed by atoms with Gasteiger partial charge in [-0.05, 0) is 119 Å². The quantitative estimate of drug-likeness (QED) is 0.0205. The number of benzene rings is 5. The van der Waals surface area contributed by atoms with Crippen molar-refractivity contribution in [1.29, 1.82) is 0 Å². The van der Waals surface area contributed by atoms with Crippen molar-refractivity contribution in [2.24, 2.45) is 5.92 Å². The van der Waals surface area contributed by atoms with Crippen molar-refractivity contribution in [2.45, 2.75) is 107 Å². The second-order valence-electron chi connectivity index (χ2n) is 15.9. The van der Waals surface area contributed by atoms with Gasteiger partial charge in [-0.2, -0.15) is 43.5 Å². The lowest BCUT2D eigenvalue weighted by Gasteiger charge is -2.20. The molecule has 0 heterocycles. The molecule has 5 aromatic carbocycles. The summed E-state index contributed by atoms with van der Waals surface area (Å²) in [6.07, 6.45) is 1.20. The fourth-order valence-corrected chi connectivity index (χ4v) is 8.06. The molecule has 5 rings (SSSR count). The first-order valence-corrected chi connectivity index (χ1v) is 22.6. The van der Waals surface area contributed by atoms with Crippen LogP contribution in [0.4, 0.5) is 43.9 Å². The number of phenolic OH excluding ortho intramolecular Hbond substituents is 2. The van der Waals surface area contributed by atoms with E-state index < -0.39 is 69.8 Å². The molecule has 0 saturated carbocycles. The zero-order valence-corrected chi connectivity index (χ0v) is 37.1. The number of aromatic hydroxyl groups is 2. The summed E-state index contributed by atoms with van der Waals surface area (Å²) in [5.41, 5.74) is -3.38. The van der Waals surface area contributed by atoms with E-state index in [4.69, 9.17) is 4.74 Å². The molecule has 0 fully saturated rings. The van der Waals surface area contributed by atoms with Gasteiger partial charge in [-0.25, -0.2) is 8.78 Å². The van der Waals surface area contributed by atoms with Gasteiger partial charge in [0.15, 0.2) is 17.4 Å². The minimum atomic E-state index is -5.73. The molecule has 5 aromatic rings. The van der Waals surface area contributed by atoms with E-state index in [0.29, 0.717) is 46.1 Å². The number of fused-ring (bicyclic) bond motifs is 2. The monoisotopic (exact) mass is 976 g/mol. The molecule has 0 amide bonds. The fraction of sp³-hybridized carbons (Fsp3) is 0.396. The Balaban J connectivity index is 0.000000356. The number of aliphatic carboxylic acids is 1. The Kier molecular flexibility index (Phi) is 18.8. The largest absolute Gasteiger partial charge is 0.534 e. The highest BCUT2D eigenvalue weighted by Crippen LogP contribution is 2.40. The maximum atomic E-state index is 14.1. The maximum Gasteiger partial charge on any atom is 0.534 e. The second-order valence-corrected chi connectivity index (χ2v) is 17.4. The molecular weight excluding hydrogens is 927 g/mol. The minimum absolute atomic E-state index is 0.0991. The summed E-state index contributed by atoms with van der Waals surface area (Å²) in [5, 5.41) is 31.6. The van der Waals surface area contributed by atoms with E-state index in [1.54, 1.807) is 48.5 Å². The lowest BCUT2D eigenvalue weighted by molar-refractivity contribution is -0.284. The molecule has 0 aliphatic carbocycles. The van der Waals surface area contributed by atoms with Gasteiger partial charge in [0.2, 0.25) is 0 Å². The second kappa shape index (κ2) is 23.3. The molecule has 1 unspecified atom stereocenters. The molecule has 67 heavy (non-hydrogen) atoms. The van der Waals surface area contributed by atoms with Crippen LogP contribution in [0.15, 0.2) is 85.5 Å². The number of phenols is 2. The Hall–Kier alpha value is -5.72. The number of carboxylic acid groups (broad SMARTS) is 1. The Bertz CT molecular complexity index is 2570. The number of halogens is 10. The van der Waals surface area contributed by atoms with Gasteiger partial charge in [0.05, 0.1) is 13.0 Å². The van der Waals surface area contributed by atoms with E-state index in [-0.39, 0.29) is 30.8 Å². The topological polar surface area (TPSA) is 130 Å². The Morgan fingerprint density at radius 3 is 1.85 bits per heavy atom. The van der Waals surface area contributed by atoms with Crippen LogP contribution in [0.5, 0.6) is 23.0 Å². The standard InChI is InChI=1S/C33H37F7O4.C15H13F3O4S/c34-28-19-23(20-29(35)30(28)42)26-15-13-22-18-24(41)14-16-25(22)27(26)12-8-6-4-2-1-3-5-7-10-21(31(43)44)11-9-17-32(36,37)33(38,39)40;1-3-4-13-12-7-6-11(21-2)9-10(12)5-8-14(13)22-23(19,20)15(16,17)18/h13-16,18-21,41-42H,1-12,17H2,(H,43,44);3,5-9H,1,4H2,2H3. The first-order chi connectivity index (χ1) is 31.4. The SMILES string of the molecule is C=CCc1c(OS(=O)(=O)C(F)(F)F)ccc2cc(OC)ccc12.O=C(O)C(CCCCCCCCCCc1c(-c2cc(F)c(O)c(F)c2)ccc2cc(O)ccc12)CCCC(F)(F)C(F)(F)F. The zero-order valence-electron chi connectivity index (χ0n) is 36.3. The van der Waals surface area contributed by atoms with Crippen molar-refractivity contribution in [3.8, 4) is 34.1 Å². The number of aryl methyl sites for hydroxylation is 1. The highest BCUT2D eigenvalue weighted by Gasteiger charge is 2.56. The van der Waals surface area contributed by atoms with E-state index in [9.17, 15) is 72.4 Å². The molecule has 0 aromatic heterocycles. The summed E-state index contributed by atoms with van der Waals surface area (Å²) in [4.78, 5) is 11.4. The third-order valence-corrected chi connectivity index (χ3v) is 12.1. The zero-order chi connectivity index (χ0) is 49.7. The molecule has 0 saturated heterocycles. The molecule has 0 spiro atoms.